The van der Waals surface area contributed by atoms with Crippen LogP contribution in [0.5, 0.6) is 5.75 Å². The zero-order valence-electron chi connectivity index (χ0n) is 9.56. The Kier molecular flexibility index (Phi) is 4.08. The molecule has 0 saturated carbocycles. The minimum Gasteiger partial charge on any atom is -0.496 e. The molecule has 0 fully saturated rings. The standard InChI is InChI=1S/C10H14N2O4S/c1-7(13)12-6-8-5-9(17(11,14)15)3-4-10(8)16-2/h3-5H,6H2,1-2H3,(H,12,13)(H2,11,14,15). The molecule has 6 nitrogen and oxygen atoms in total. The summed E-state index contributed by atoms with van der Waals surface area (Å²) in [6.45, 7) is 1.55. The number of hydrogen-bond acceptors (Lipinski definition) is 4. The van der Waals surface area contributed by atoms with Crippen molar-refractivity contribution in [1.29, 1.82) is 0 Å². The van der Waals surface area contributed by atoms with Gasteiger partial charge in [-0.25, -0.2) is 13.6 Å². The molecule has 1 rings (SSSR count). The van der Waals surface area contributed by atoms with Crippen LogP contribution in [0, 0.1) is 0 Å². The molecule has 0 saturated heterocycles. The highest BCUT2D eigenvalue weighted by atomic mass is 32.2. The lowest BCUT2D eigenvalue weighted by molar-refractivity contribution is -0.119. The van der Waals surface area contributed by atoms with Crippen molar-refractivity contribution in [3.05, 3.63) is 23.8 Å². The number of benzene rings is 1. The molecule has 7 heteroatoms. The maximum atomic E-state index is 11.2. The monoisotopic (exact) mass is 258 g/mol. The lowest BCUT2D eigenvalue weighted by Crippen LogP contribution is -2.20. The van der Waals surface area contributed by atoms with Crippen molar-refractivity contribution in [3.8, 4) is 5.75 Å². The number of rotatable bonds is 4. The second-order valence-electron chi connectivity index (χ2n) is 3.43. The van der Waals surface area contributed by atoms with E-state index in [1.807, 2.05) is 0 Å². The van der Waals surface area contributed by atoms with Crippen LogP contribution in [0.2, 0.25) is 0 Å². The zero-order valence-corrected chi connectivity index (χ0v) is 10.4. The summed E-state index contributed by atoms with van der Waals surface area (Å²) in [4.78, 5) is 10.8. The third-order valence-corrected chi connectivity index (χ3v) is 3.02. The van der Waals surface area contributed by atoms with Gasteiger partial charge >= 0.3 is 0 Å². The SMILES string of the molecule is COc1ccc(S(N)(=O)=O)cc1CNC(C)=O. The number of methoxy groups -OCH3 is 1. The predicted molar refractivity (Wildman–Crippen MR) is 61.9 cm³/mol. The number of primary sulfonamides is 1. The third kappa shape index (κ3) is 3.72. The highest BCUT2D eigenvalue weighted by Gasteiger charge is 2.12. The minimum absolute atomic E-state index is 0.0151. The van der Waals surface area contributed by atoms with Gasteiger partial charge in [0.1, 0.15) is 5.75 Å². The average Bonchev–Trinajstić information content (AvgIpc) is 2.24. The van der Waals surface area contributed by atoms with Crippen molar-refractivity contribution in [1.82, 2.24) is 5.32 Å². The first kappa shape index (κ1) is 13.5. The molecular weight excluding hydrogens is 244 g/mol. The highest BCUT2D eigenvalue weighted by Crippen LogP contribution is 2.21. The number of nitrogens with two attached hydrogens (primary N) is 1. The van der Waals surface area contributed by atoms with E-state index in [0.717, 1.165) is 0 Å². The van der Waals surface area contributed by atoms with Crippen LogP contribution < -0.4 is 15.2 Å². The molecule has 0 unspecified atom stereocenters. The molecule has 1 amide bonds. The Bertz CT molecular complexity index is 525. The molecule has 1 aromatic carbocycles. The first-order chi connectivity index (χ1) is 7.84. The van der Waals surface area contributed by atoms with Gasteiger partial charge in [-0.15, -0.1) is 0 Å². The first-order valence-corrected chi connectivity index (χ1v) is 6.33. The normalized spacial score (nSPS) is 11.0. The molecule has 17 heavy (non-hydrogen) atoms. The fourth-order valence-corrected chi connectivity index (χ4v) is 1.85. The molecule has 0 bridgehead atoms. The van der Waals surface area contributed by atoms with Crippen LogP contribution in [-0.2, 0) is 21.4 Å². The second-order valence-corrected chi connectivity index (χ2v) is 4.99. The van der Waals surface area contributed by atoms with Crippen molar-refractivity contribution < 1.29 is 17.9 Å². The Labute approximate surface area is 99.8 Å². The van der Waals surface area contributed by atoms with E-state index in [1.54, 1.807) is 0 Å². The van der Waals surface area contributed by atoms with Gasteiger partial charge in [0.2, 0.25) is 15.9 Å². The van der Waals surface area contributed by atoms with E-state index < -0.39 is 10.0 Å². The number of amides is 1. The number of carbonyl (C=O) groups excluding carboxylic acids is 1. The number of carbonyl (C=O) groups is 1. The summed E-state index contributed by atoms with van der Waals surface area (Å²) in [7, 11) is -2.30. The second kappa shape index (κ2) is 5.15. The summed E-state index contributed by atoms with van der Waals surface area (Å²) in [6, 6.07) is 4.23. The Hall–Kier alpha value is -1.60. The zero-order chi connectivity index (χ0) is 13.1. The quantitative estimate of drug-likeness (QED) is 0.792. The third-order valence-electron chi connectivity index (χ3n) is 2.11. The largest absolute Gasteiger partial charge is 0.496 e. The summed E-state index contributed by atoms with van der Waals surface area (Å²) >= 11 is 0. The van der Waals surface area contributed by atoms with Crippen LogP contribution >= 0.6 is 0 Å². The lowest BCUT2D eigenvalue weighted by Gasteiger charge is -2.10. The number of hydrogen-bond donors (Lipinski definition) is 2. The van der Waals surface area contributed by atoms with Crippen molar-refractivity contribution in [2.75, 3.05) is 7.11 Å². The van der Waals surface area contributed by atoms with Crippen LogP contribution in [0.4, 0.5) is 0 Å². The Morgan fingerprint density at radius 2 is 2.12 bits per heavy atom. The first-order valence-electron chi connectivity index (χ1n) is 4.78. The molecule has 1 aromatic rings. The Balaban J connectivity index is 3.11. The van der Waals surface area contributed by atoms with E-state index in [0.29, 0.717) is 11.3 Å². The van der Waals surface area contributed by atoms with E-state index in [4.69, 9.17) is 9.88 Å². The van der Waals surface area contributed by atoms with E-state index in [-0.39, 0.29) is 17.3 Å². The molecule has 0 spiro atoms. The van der Waals surface area contributed by atoms with Crippen LogP contribution in [0.25, 0.3) is 0 Å². The highest BCUT2D eigenvalue weighted by molar-refractivity contribution is 7.89. The Morgan fingerprint density at radius 1 is 1.47 bits per heavy atom. The van der Waals surface area contributed by atoms with Gasteiger partial charge in [-0.3, -0.25) is 4.79 Å². The Morgan fingerprint density at radius 3 is 2.59 bits per heavy atom. The van der Waals surface area contributed by atoms with Crippen LogP contribution in [0.3, 0.4) is 0 Å². The van der Waals surface area contributed by atoms with Gasteiger partial charge in [0.05, 0.1) is 12.0 Å². The summed E-state index contributed by atoms with van der Waals surface area (Å²) < 4.78 is 27.4. The fourth-order valence-electron chi connectivity index (χ4n) is 1.29. The van der Waals surface area contributed by atoms with E-state index in [2.05, 4.69) is 5.32 Å². The smallest absolute Gasteiger partial charge is 0.238 e. The molecule has 3 N–H and O–H groups in total. The fraction of sp³-hybridized carbons (Fsp3) is 0.300. The molecule has 0 aromatic heterocycles. The maximum absolute atomic E-state index is 11.2. The predicted octanol–water partition coefficient (Wildman–Crippen LogP) is -0.0213. The van der Waals surface area contributed by atoms with Crippen LogP contribution in [0.1, 0.15) is 12.5 Å². The maximum Gasteiger partial charge on any atom is 0.238 e. The van der Waals surface area contributed by atoms with Crippen molar-refractivity contribution in [2.24, 2.45) is 5.14 Å². The average molecular weight is 258 g/mol. The number of nitrogens with one attached hydrogen (secondary N) is 1. The topological polar surface area (TPSA) is 98.5 Å². The van der Waals surface area contributed by atoms with Crippen LogP contribution in [0.15, 0.2) is 23.1 Å². The molecule has 0 heterocycles. The number of sulfonamides is 1. The number of ether oxygens (including phenoxy) is 1. The van der Waals surface area contributed by atoms with E-state index in [1.165, 1.54) is 32.2 Å². The van der Waals surface area contributed by atoms with E-state index >= 15 is 0 Å². The summed E-state index contributed by atoms with van der Waals surface area (Å²) in [5, 5.41) is 7.58. The van der Waals surface area contributed by atoms with Crippen molar-refractivity contribution in [3.63, 3.8) is 0 Å². The van der Waals surface area contributed by atoms with Gasteiger partial charge in [-0.2, -0.15) is 0 Å². The lowest BCUT2D eigenvalue weighted by atomic mass is 10.2. The van der Waals surface area contributed by atoms with Gasteiger partial charge in [0, 0.05) is 19.0 Å². The van der Waals surface area contributed by atoms with Crippen molar-refractivity contribution >= 4 is 15.9 Å². The van der Waals surface area contributed by atoms with Gasteiger partial charge in [0.15, 0.2) is 0 Å². The van der Waals surface area contributed by atoms with Gasteiger partial charge in [0.25, 0.3) is 0 Å². The van der Waals surface area contributed by atoms with Gasteiger partial charge in [-0.05, 0) is 18.2 Å². The molecular formula is C10H14N2O4S. The molecule has 0 aliphatic heterocycles. The molecule has 94 valence electrons. The minimum atomic E-state index is -3.76. The van der Waals surface area contributed by atoms with E-state index in [9.17, 15) is 13.2 Å². The summed E-state index contributed by atoms with van der Waals surface area (Å²) in [6.07, 6.45) is 0. The van der Waals surface area contributed by atoms with Gasteiger partial charge in [-0.1, -0.05) is 0 Å². The van der Waals surface area contributed by atoms with Crippen molar-refractivity contribution in [2.45, 2.75) is 18.4 Å². The molecule has 0 radical (unpaired) electrons. The van der Waals surface area contributed by atoms with Gasteiger partial charge < -0.3 is 10.1 Å². The molecule has 0 aliphatic rings. The van der Waals surface area contributed by atoms with Crippen LogP contribution in [-0.4, -0.2) is 21.4 Å². The summed E-state index contributed by atoms with van der Waals surface area (Å²) in [5.74, 6) is 0.277. The molecule has 0 atom stereocenters. The summed E-state index contributed by atoms with van der Waals surface area (Å²) in [5.41, 5.74) is 0.550. The molecule has 0 aliphatic carbocycles.